The Bertz CT molecular complexity index is 696. The average molecular weight is 321 g/mol. The van der Waals surface area contributed by atoms with Crippen LogP contribution in [0.2, 0.25) is 0 Å². The normalized spacial score (nSPS) is 12.5. The van der Waals surface area contributed by atoms with E-state index in [0.717, 1.165) is 15.8 Å². The summed E-state index contributed by atoms with van der Waals surface area (Å²) in [5.74, 6) is -1.26. The molecule has 0 saturated heterocycles. The molecule has 0 fully saturated rings. The first-order chi connectivity index (χ1) is 10.4. The minimum absolute atomic E-state index is 0.0224. The molecule has 1 amide bonds. The maximum atomic E-state index is 12.2. The van der Waals surface area contributed by atoms with Crippen LogP contribution in [0.25, 0.3) is 10.2 Å². The van der Waals surface area contributed by atoms with Gasteiger partial charge in [0.25, 0.3) is 5.91 Å². The Hall–Kier alpha value is -1.99. The Balaban J connectivity index is 2.07. The molecule has 2 aromatic heterocycles. The second kappa shape index (κ2) is 6.85. The average Bonchev–Trinajstić information content (AvgIpc) is 2.88. The van der Waals surface area contributed by atoms with Gasteiger partial charge in [-0.25, -0.2) is 0 Å². The van der Waals surface area contributed by atoms with Crippen LogP contribution in [-0.4, -0.2) is 40.6 Å². The van der Waals surface area contributed by atoms with Gasteiger partial charge in [-0.1, -0.05) is 13.8 Å². The molecule has 7 heteroatoms. The van der Waals surface area contributed by atoms with Crippen LogP contribution in [0.3, 0.4) is 0 Å². The van der Waals surface area contributed by atoms with E-state index in [4.69, 9.17) is 5.11 Å². The highest BCUT2D eigenvalue weighted by Gasteiger charge is 2.20. The third-order valence-electron chi connectivity index (χ3n) is 3.13. The number of nitrogens with zero attached hydrogens (tertiary/aromatic N) is 1. The minimum atomic E-state index is -0.983. The molecule has 6 nitrogen and oxygen atoms in total. The van der Waals surface area contributed by atoms with Gasteiger partial charge in [0.1, 0.15) is 6.04 Å². The highest BCUT2D eigenvalue weighted by atomic mass is 32.1. The SMILES string of the molecule is Cc1ccnc2cc(C(=O)NCC(NC(C)C)C(=O)O)sc12. The van der Waals surface area contributed by atoms with Gasteiger partial charge in [0.15, 0.2) is 0 Å². The van der Waals surface area contributed by atoms with Gasteiger partial charge in [0, 0.05) is 18.8 Å². The lowest BCUT2D eigenvalue weighted by Gasteiger charge is -2.17. The van der Waals surface area contributed by atoms with E-state index in [1.807, 2.05) is 26.8 Å². The van der Waals surface area contributed by atoms with E-state index in [1.54, 1.807) is 12.3 Å². The lowest BCUT2D eigenvalue weighted by Crippen LogP contribution is -2.48. The lowest BCUT2D eigenvalue weighted by atomic mass is 10.2. The summed E-state index contributed by atoms with van der Waals surface area (Å²) in [5, 5.41) is 14.7. The number of pyridine rings is 1. The van der Waals surface area contributed by atoms with E-state index in [9.17, 15) is 9.59 Å². The molecule has 1 unspecified atom stereocenters. The van der Waals surface area contributed by atoms with Gasteiger partial charge >= 0.3 is 5.97 Å². The molecule has 0 bridgehead atoms. The van der Waals surface area contributed by atoms with Crippen LogP contribution in [0, 0.1) is 6.92 Å². The van der Waals surface area contributed by atoms with Crippen molar-refractivity contribution in [3.05, 3.63) is 28.8 Å². The number of fused-ring (bicyclic) bond motifs is 1. The van der Waals surface area contributed by atoms with Crippen molar-refractivity contribution in [3.8, 4) is 0 Å². The Morgan fingerprint density at radius 1 is 1.41 bits per heavy atom. The second-order valence-electron chi connectivity index (χ2n) is 5.38. The Labute approximate surface area is 132 Å². The molecule has 1 atom stereocenters. The summed E-state index contributed by atoms with van der Waals surface area (Å²) in [4.78, 5) is 28.1. The van der Waals surface area contributed by atoms with Gasteiger partial charge in [0.2, 0.25) is 0 Å². The Morgan fingerprint density at radius 2 is 2.14 bits per heavy atom. The number of carbonyl (C=O) groups is 2. The van der Waals surface area contributed by atoms with Crippen molar-refractivity contribution in [2.45, 2.75) is 32.9 Å². The zero-order valence-corrected chi connectivity index (χ0v) is 13.5. The number of carboxylic acid groups (broad SMARTS) is 1. The highest BCUT2D eigenvalue weighted by molar-refractivity contribution is 7.21. The van der Waals surface area contributed by atoms with Crippen LogP contribution in [-0.2, 0) is 4.79 Å². The fourth-order valence-electron chi connectivity index (χ4n) is 2.08. The van der Waals surface area contributed by atoms with E-state index < -0.39 is 12.0 Å². The Morgan fingerprint density at radius 3 is 2.73 bits per heavy atom. The number of hydrogen-bond acceptors (Lipinski definition) is 5. The number of nitrogens with one attached hydrogen (secondary N) is 2. The maximum Gasteiger partial charge on any atom is 0.322 e. The molecule has 118 valence electrons. The number of aliphatic carboxylic acids is 1. The van der Waals surface area contributed by atoms with E-state index in [0.29, 0.717) is 4.88 Å². The summed E-state index contributed by atoms with van der Waals surface area (Å²) in [6.07, 6.45) is 1.71. The zero-order valence-electron chi connectivity index (χ0n) is 12.7. The molecule has 0 aliphatic carbocycles. The zero-order chi connectivity index (χ0) is 16.3. The van der Waals surface area contributed by atoms with Gasteiger partial charge in [0.05, 0.1) is 15.1 Å². The summed E-state index contributed by atoms with van der Waals surface area (Å²) in [6, 6.07) is 2.84. The smallest absolute Gasteiger partial charge is 0.322 e. The number of hydrogen-bond donors (Lipinski definition) is 3. The summed E-state index contributed by atoms with van der Waals surface area (Å²) < 4.78 is 0.975. The van der Waals surface area contributed by atoms with E-state index in [1.165, 1.54) is 11.3 Å². The molecular formula is C15H19N3O3S. The summed E-state index contributed by atoms with van der Waals surface area (Å²) in [7, 11) is 0. The maximum absolute atomic E-state index is 12.2. The number of rotatable bonds is 6. The molecule has 2 heterocycles. The van der Waals surface area contributed by atoms with Crippen LogP contribution in [0.5, 0.6) is 0 Å². The predicted octanol–water partition coefficient (Wildman–Crippen LogP) is 1.79. The van der Waals surface area contributed by atoms with Crippen LogP contribution in [0.1, 0.15) is 29.1 Å². The number of aromatic nitrogens is 1. The van der Waals surface area contributed by atoms with Crippen LogP contribution in [0.4, 0.5) is 0 Å². The minimum Gasteiger partial charge on any atom is -0.480 e. The molecule has 0 spiro atoms. The quantitative estimate of drug-likeness (QED) is 0.754. The van der Waals surface area contributed by atoms with Crippen LogP contribution >= 0.6 is 11.3 Å². The van der Waals surface area contributed by atoms with Gasteiger partial charge in [-0.05, 0) is 24.6 Å². The molecular weight excluding hydrogens is 302 g/mol. The fraction of sp³-hybridized carbons (Fsp3) is 0.400. The molecule has 2 rings (SSSR count). The van der Waals surface area contributed by atoms with Crippen molar-refractivity contribution in [2.24, 2.45) is 0 Å². The van der Waals surface area contributed by atoms with Crippen molar-refractivity contribution < 1.29 is 14.7 Å². The first-order valence-electron chi connectivity index (χ1n) is 7.00. The number of aryl methyl sites for hydroxylation is 1. The van der Waals surface area contributed by atoms with Crippen molar-refractivity contribution in [3.63, 3.8) is 0 Å². The molecule has 0 saturated carbocycles. The number of amides is 1. The summed E-state index contributed by atoms with van der Waals surface area (Å²) in [5.41, 5.74) is 1.85. The van der Waals surface area contributed by atoms with E-state index in [2.05, 4.69) is 15.6 Å². The summed E-state index contributed by atoms with van der Waals surface area (Å²) in [6.45, 7) is 5.72. The summed E-state index contributed by atoms with van der Waals surface area (Å²) >= 11 is 1.36. The lowest BCUT2D eigenvalue weighted by molar-refractivity contribution is -0.139. The van der Waals surface area contributed by atoms with Crippen molar-refractivity contribution in [1.82, 2.24) is 15.6 Å². The van der Waals surface area contributed by atoms with Crippen molar-refractivity contribution >= 4 is 33.4 Å². The van der Waals surface area contributed by atoms with Gasteiger partial charge in [-0.15, -0.1) is 11.3 Å². The van der Waals surface area contributed by atoms with Gasteiger partial charge in [-0.2, -0.15) is 0 Å². The number of thiophene rings is 1. The third-order valence-corrected chi connectivity index (χ3v) is 4.39. The first-order valence-corrected chi connectivity index (χ1v) is 7.82. The van der Waals surface area contributed by atoms with E-state index in [-0.39, 0.29) is 18.5 Å². The van der Waals surface area contributed by atoms with Crippen LogP contribution in [0.15, 0.2) is 18.3 Å². The highest BCUT2D eigenvalue weighted by Crippen LogP contribution is 2.26. The molecule has 3 N–H and O–H groups in total. The molecule has 2 aromatic rings. The molecule has 0 aromatic carbocycles. The molecule has 0 aliphatic heterocycles. The number of carboxylic acids is 1. The van der Waals surface area contributed by atoms with Crippen LogP contribution < -0.4 is 10.6 Å². The number of carbonyl (C=O) groups excluding carboxylic acids is 1. The standard InChI is InChI=1S/C15H19N3O3S/c1-8(2)18-11(15(20)21)7-17-14(19)12-6-10-13(22-12)9(3)4-5-16-10/h4-6,8,11,18H,7H2,1-3H3,(H,17,19)(H,20,21). The molecule has 0 radical (unpaired) electrons. The fourth-order valence-corrected chi connectivity index (χ4v) is 3.08. The Kier molecular flexibility index (Phi) is 5.10. The second-order valence-corrected chi connectivity index (χ2v) is 6.43. The largest absolute Gasteiger partial charge is 0.480 e. The first kappa shape index (κ1) is 16.4. The third kappa shape index (κ3) is 3.80. The van der Waals surface area contributed by atoms with Crippen molar-refractivity contribution in [1.29, 1.82) is 0 Å². The predicted molar refractivity (Wildman–Crippen MR) is 86.4 cm³/mol. The molecule has 0 aliphatic rings. The van der Waals surface area contributed by atoms with Gasteiger partial charge in [-0.3, -0.25) is 14.6 Å². The van der Waals surface area contributed by atoms with Crippen molar-refractivity contribution in [2.75, 3.05) is 6.54 Å². The monoisotopic (exact) mass is 321 g/mol. The van der Waals surface area contributed by atoms with Gasteiger partial charge < -0.3 is 15.7 Å². The molecule has 22 heavy (non-hydrogen) atoms. The topological polar surface area (TPSA) is 91.3 Å². The van der Waals surface area contributed by atoms with E-state index >= 15 is 0 Å².